The van der Waals surface area contributed by atoms with Crippen LogP contribution in [-0.2, 0) is 14.3 Å². The van der Waals surface area contributed by atoms with Crippen LogP contribution in [0.1, 0.15) is 44.9 Å². The molecule has 23 heavy (non-hydrogen) atoms. The Kier molecular flexibility index (Phi) is 6.39. The maximum atomic E-state index is 12.2. The molecule has 1 fully saturated rings. The molecule has 5 heteroatoms. The maximum Gasteiger partial charge on any atom is 0.331 e. The lowest BCUT2D eigenvalue weighted by atomic mass is 9.78. The van der Waals surface area contributed by atoms with Crippen LogP contribution in [0.25, 0.3) is 6.08 Å². The highest BCUT2D eigenvalue weighted by atomic mass is 32.1. The highest BCUT2D eigenvalue weighted by Crippen LogP contribution is 2.29. The number of carbonyl (C=O) groups is 2. The van der Waals surface area contributed by atoms with Crippen LogP contribution < -0.4 is 5.32 Å². The summed E-state index contributed by atoms with van der Waals surface area (Å²) in [4.78, 5) is 25.0. The third kappa shape index (κ3) is 5.20. The molecule has 0 saturated heterocycles. The number of esters is 1. The lowest BCUT2D eigenvalue weighted by molar-refractivity contribution is -0.150. The molecule has 1 aliphatic carbocycles. The van der Waals surface area contributed by atoms with Crippen LogP contribution in [0.2, 0.25) is 0 Å². The number of ether oxygens (including phenoxy) is 1. The molecular formula is C18H25NO3S. The summed E-state index contributed by atoms with van der Waals surface area (Å²) < 4.78 is 5.18. The van der Waals surface area contributed by atoms with Gasteiger partial charge in [-0.25, -0.2) is 4.79 Å². The molecule has 4 atom stereocenters. The molecule has 1 aromatic heterocycles. The van der Waals surface area contributed by atoms with E-state index in [2.05, 4.69) is 19.2 Å². The Hall–Kier alpha value is -1.62. The fourth-order valence-electron chi connectivity index (χ4n) is 2.89. The van der Waals surface area contributed by atoms with E-state index in [1.54, 1.807) is 13.0 Å². The van der Waals surface area contributed by atoms with E-state index in [9.17, 15) is 9.59 Å². The van der Waals surface area contributed by atoms with Gasteiger partial charge in [0.15, 0.2) is 6.10 Å². The molecule has 1 aliphatic rings. The van der Waals surface area contributed by atoms with Gasteiger partial charge >= 0.3 is 5.97 Å². The number of nitrogens with one attached hydrogen (secondary N) is 1. The second kappa shape index (κ2) is 8.29. The van der Waals surface area contributed by atoms with Crippen LogP contribution in [0, 0.1) is 11.8 Å². The predicted octanol–water partition coefficient (Wildman–Crippen LogP) is 3.63. The topological polar surface area (TPSA) is 55.4 Å². The quantitative estimate of drug-likeness (QED) is 0.660. The van der Waals surface area contributed by atoms with E-state index in [1.807, 2.05) is 17.5 Å². The molecule has 1 heterocycles. The van der Waals surface area contributed by atoms with Gasteiger partial charge in [0, 0.05) is 17.0 Å². The van der Waals surface area contributed by atoms with Gasteiger partial charge in [0.1, 0.15) is 0 Å². The summed E-state index contributed by atoms with van der Waals surface area (Å²) in [5.41, 5.74) is 0. The molecule has 4 nitrogen and oxygen atoms in total. The lowest BCUT2D eigenvalue weighted by Crippen LogP contribution is -2.47. The Bertz CT molecular complexity index is 553. The smallest absolute Gasteiger partial charge is 0.331 e. The van der Waals surface area contributed by atoms with Crippen molar-refractivity contribution in [1.82, 2.24) is 5.32 Å². The molecule has 1 amide bonds. The fourth-order valence-corrected chi connectivity index (χ4v) is 3.51. The SMILES string of the molecule is C[C@@H]1[C@@H](C)CCC[C@H]1NC(=O)[C@@H](C)OC(=O)/C=C/c1cccs1. The van der Waals surface area contributed by atoms with E-state index in [0.29, 0.717) is 11.8 Å². The van der Waals surface area contributed by atoms with Crippen LogP contribution in [-0.4, -0.2) is 24.0 Å². The third-order valence-electron chi connectivity index (χ3n) is 4.62. The minimum absolute atomic E-state index is 0.175. The van der Waals surface area contributed by atoms with Gasteiger partial charge in [-0.3, -0.25) is 4.79 Å². The number of rotatable bonds is 5. The Balaban J connectivity index is 1.81. The van der Waals surface area contributed by atoms with Crippen LogP contribution in [0.15, 0.2) is 23.6 Å². The van der Waals surface area contributed by atoms with Crippen molar-refractivity contribution in [3.05, 3.63) is 28.5 Å². The summed E-state index contributed by atoms with van der Waals surface area (Å²) in [5.74, 6) is 0.356. The van der Waals surface area contributed by atoms with Crippen molar-refractivity contribution in [3.8, 4) is 0 Å². The highest BCUT2D eigenvalue weighted by Gasteiger charge is 2.29. The van der Waals surface area contributed by atoms with Crippen LogP contribution in [0.4, 0.5) is 0 Å². The van der Waals surface area contributed by atoms with Gasteiger partial charge in [-0.15, -0.1) is 11.3 Å². The number of amides is 1. The summed E-state index contributed by atoms with van der Waals surface area (Å²) in [7, 11) is 0. The molecule has 0 unspecified atom stereocenters. The average molecular weight is 335 g/mol. The second-order valence-corrected chi connectivity index (χ2v) is 7.29. The van der Waals surface area contributed by atoms with E-state index in [4.69, 9.17) is 4.74 Å². The largest absolute Gasteiger partial charge is 0.449 e. The number of hydrogen-bond acceptors (Lipinski definition) is 4. The highest BCUT2D eigenvalue weighted by molar-refractivity contribution is 7.10. The summed E-state index contributed by atoms with van der Waals surface area (Å²) in [6.45, 7) is 6.01. The summed E-state index contributed by atoms with van der Waals surface area (Å²) in [5, 5.41) is 4.97. The van der Waals surface area contributed by atoms with Crippen LogP contribution in [0.5, 0.6) is 0 Å². The number of thiophene rings is 1. The van der Waals surface area contributed by atoms with Gasteiger partial charge in [-0.1, -0.05) is 32.8 Å². The van der Waals surface area contributed by atoms with Crippen molar-refractivity contribution in [1.29, 1.82) is 0 Å². The number of hydrogen-bond donors (Lipinski definition) is 1. The van der Waals surface area contributed by atoms with Crippen molar-refractivity contribution < 1.29 is 14.3 Å². The Morgan fingerprint density at radius 2 is 2.17 bits per heavy atom. The van der Waals surface area contributed by atoms with Gasteiger partial charge in [0.05, 0.1) is 0 Å². The van der Waals surface area contributed by atoms with Gasteiger partial charge in [0.2, 0.25) is 0 Å². The minimum atomic E-state index is -0.778. The van der Waals surface area contributed by atoms with Crippen molar-refractivity contribution in [2.45, 2.75) is 52.2 Å². The molecule has 2 rings (SSSR count). The van der Waals surface area contributed by atoms with Crippen LogP contribution >= 0.6 is 11.3 Å². The first-order chi connectivity index (χ1) is 11.0. The summed E-state index contributed by atoms with van der Waals surface area (Å²) in [6, 6.07) is 4.00. The van der Waals surface area contributed by atoms with Crippen molar-refractivity contribution in [3.63, 3.8) is 0 Å². The lowest BCUT2D eigenvalue weighted by Gasteiger charge is -2.35. The minimum Gasteiger partial charge on any atom is -0.449 e. The Morgan fingerprint density at radius 3 is 2.87 bits per heavy atom. The van der Waals surface area contributed by atoms with E-state index < -0.39 is 12.1 Å². The molecular weight excluding hydrogens is 310 g/mol. The molecule has 1 saturated carbocycles. The average Bonchev–Trinajstić information content (AvgIpc) is 3.03. The normalized spacial score (nSPS) is 26.0. The molecule has 1 aromatic rings. The van der Waals surface area contributed by atoms with E-state index in [1.165, 1.54) is 23.8 Å². The summed E-state index contributed by atoms with van der Waals surface area (Å²) >= 11 is 1.54. The molecule has 0 aromatic carbocycles. The van der Waals surface area contributed by atoms with E-state index in [-0.39, 0.29) is 11.9 Å². The maximum absolute atomic E-state index is 12.2. The fraction of sp³-hybridized carbons (Fsp3) is 0.556. The first-order valence-electron chi connectivity index (χ1n) is 8.20. The zero-order valence-corrected chi connectivity index (χ0v) is 14.8. The van der Waals surface area contributed by atoms with Crippen LogP contribution in [0.3, 0.4) is 0 Å². The van der Waals surface area contributed by atoms with E-state index >= 15 is 0 Å². The Labute approximate surface area is 141 Å². The van der Waals surface area contributed by atoms with Gasteiger partial charge in [0.25, 0.3) is 5.91 Å². The Morgan fingerprint density at radius 1 is 1.39 bits per heavy atom. The molecule has 0 aliphatic heterocycles. The van der Waals surface area contributed by atoms with Gasteiger partial charge in [-0.2, -0.15) is 0 Å². The summed E-state index contributed by atoms with van der Waals surface area (Å²) in [6.07, 6.45) is 5.62. The predicted molar refractivity (Wildman–Crippen MR) is 93.0 cm³/mol. The van der Waals surface area contributed by atoms with Gasteiger partial charge in [-0.05, 0) is 42.7 Å². The van der Waals surface area contributed by atoms with Crippen molar-refractivity contribution >= 4 is 29.3 Å². The number of carbonyl (C=O) groups excluding carboxylic acids is 2. The molecule has 0 radical (unpaired) electrons. The van der Waals surface area contributed by atoms with Crippen molar-refractivity contribution in [2.24, 2.45) is 11.8 Å². The monoisotopic (exact) mass is 335 g/mol. The zero-order chi connectivity index (χ0) is 16.8. The molecule has 126 valence electrons. The third-order valence-corrected chi connectivity index (χ3v) is 5.46. The second-order valence-electron chi connectivity index (χ2n) is 6.31. The molecule has 1 N–H and O–H groups in total. The first kappa shape index (κ1) is 17.7. The first-order valence-corrected chi connectivity index (χ1v) is 9.08. The van der Waals surface area contributed by atoms with Gasteiger partial charge < -0.3 is 10.1 Å². The zero-order valence-electron chi connectivity index (χ0n) is 14.0. The molecule has 0 bridgehead atoms. The standard InChI is InChI=1S/C18H25NO3S/c1-12-6-4-8-16(13(12)2)19-18(21)14(3)22-17(20)10-9-15-7-5-11-23-15/h5,7,9-14,16H,4,6,8H2,1-3H3,(H,19,21)/b10-9+/t12-,13+,14+,16+/m0/s1. The van der Waals surface area contributed by atoms with E-state index in [0.717, 1.165) is 17.7 Å². The van der Waals surface area contributed by atoms with Crippen molar-refractivity contribution in [2.75, 3.05) is 0 Å². The molecule has 0 spiro atoms.